The summed E-state index contributed by atoms with van der Waals surface area (Å²) in [5.41, 5.74) is -0.464. The first-order valence-electron chi connectivity index (χ1n) is 11.0. The molecule has 0 saturated carbocycles. The number of ether oxygens (including phenoxy) is 3. The molecule has 0 rings (SSSR count). The molecule has 5 heteroatoms. The largest absolute Gasteiger partial charge is 0.444 e. The molecule has 0 atom stereocenters. The average molecular weight is 388 g/mol. The van der Waals surface area contributed by atoms with Crippen LogP contribution in [-0.2, 0) is 14.2 Å². The van der Waals surface area contributed by atoms with E-state index in [1.54, 1.807) is 7.05 Å². The van der Waals surface area contributed by atoms with Crippen LogP contribution in [-0.4, -0.2) is 56.6 Å². The van der Waals surface area contributed by atoms with E-state index >= 15 is 0 Å². The zero-order chi connectivity index (χ0) is 20.4. The Morgan fingerprint density at radius 1 is 0.741 bits per heavy atom. The SMILES string of the molecule is CCCCCCCCCCCCOCCOCCN(C)C(=O)OC(C)(C)C. The molecule has 0 fully saturated rings. The summed E-state index contributed by atoms with van der Waals surface area (Å²) in [6.07, 6.45) is 13.1. The van der Waals surface area contributed by atoms with Gasteiger partial charge in [0.25, 0.3) is 0 Å². The lowest BCUT2D eigenvalue weighted by molar-refractivity contribution is 0.0157. The minimum atomic E-state index is -0.464. The molecular weight excluding hydrogens is 342 g/mol. The molecule has 0 aromatic rings. The maximum atomic E-state index is 11.8. The lowest BCUT2D eigenvalue weighted by atomic mass is 10.1. The topological polar surface area (TPSA) is 48.0 Å². The van der Waals surface area contributed by atoms with Gasteiger partial charge in [0.05, 0.1) is 19.8 Å². The first-order valence-corrected chi connectivity index (χ1v) is 11.0. The monoisotopic (exact) mass is 387 g/mol. The van der Waals surface area contributed by atoms with Crippen molar-refractivity contribution in [3.8, 4) is 0 Å². The third kappa shape index (κ3) is 19.7. The Kier molecular flexibility index (Phi) is 16.8. The molecular formula is C22H45NO4. The van der Waals surface area contributed by atoms with Crippen molar-refractivity contribution in [3.05, 3.63) is 0 Å². The molecule has 0 aliphatic rings. The van der Waals surface area contributed by atoms with Crippen molar-refractivity contribution >= 4 is 6.09 Å². The molecule has 27 heavy (non-hydrogen) atoms. The van der Waals surface area contributed by atoms with Crippen molar-refractivity contribution < 1.29 is 19.0 Å². The molecule has 5 nitrogen and oxygen atoms in total. The number of nitrogens with zero attached hydrogens (tertiary/aromatic N) is 1. The van der Waals surface area contributed by atoms with Crippen LogP contribution < -0.4 is 0 Å². The summed E-state index contributed by atoms with van der Waals surface area (Å²) in [7, 11) is 1.72. The number of hydrogen-bond donors (Lipinski definition) is 0. The predicted octanol–water partition coefficient (Wildman–Crippen LogP) is 5.81. The van der Waals surface area contributed by atoms with E-state index in [0.29, 0.717) is 26.4 Å². The van der Waals surface area contributed by atoms with Gasteiger partial charge in [-0.05, 0) is 27.2 Å². The van der Waals surface area contributed by atoms with E-state index in [0.717, 1.165) is 13.0 Å². The van der Waals surface area contributed by atoms with Crippen molar-refractivity contribution in [2.45, 2.75) is 97.5 Å². The highest BCUT2D eigenvalue weighted by atomic mass is 16.6. The molecule has 0 heterocycles. The quantitative estimate of drug-likeness (QED) is 0.296. The summed E-state index contributed by atoms with van der Waals surface area (Å²) in [5, 5.41) is 0. The molecule has 0 saturated heterocycles. The predicted molar refractivity (Wildman–Crippen MR) is 112 cm³/mol. The number of likely N-dealkylation sites (N-methyl/N-ethyl adjacent to an activating group) is 1. The summed E-state index contributed by atoms with van der Waals surface area (Å²) in [6.45, 7) is 10.9. The number of rotatable bonds is 17. The Balaban J connectivity index is 3.26. The fraction of sp³-hybridized carbons (Fsp3) is 0.955. The van der Waals surface area contributed by atoms with Gasteiger partial charge in [0.2, 0.25) is 0 Å². The van der Waals surface area contributed by atoms with E-state index in [1.165, 1.54) is 62.7 Å². The molecule has 0 N–H and O–H groups in total. The van der Waals surface area contributed by atoms with Crippen LogP contribution in [0.25, 0.3) is 0 Å². The fourth-order valence-electron chi connectivity index (χ4n) is 2.65. The normalized spacial score (nSPS) is 11.6. The second-order valence-electron chi connectivity index (χ2n) is 8.31. The van der Waals surface area contributed by atoms with Crippen LogP contribution in [0.4, 0.5) is 4.79 Å². The van der Waals surface area contributed by atoms with E-state index in [4.69, 9.17) is 14.2 Å². The Morgan fingerprint density at radius 2 is 1.22 bits per heavy atom. The van der Waals surface area contributed by atoms with Crippen molar-refractivity contribution in [2.75, 3.05) is 40.0 Å². The van der Waals surface area contributed by atoms with Crippen LogP contribution in [0, 0.1) is 0 Å². The summed E-state index contributed by atoms with van der Waals surface area (Å²) in [5.74, 6) is 0. The first-order chi connectivity index (χ1) is 12.9. The van der Waals surface area contributed by atoms with Gasteiger partial charge < -0.3 is 19.1 Å². The molecule has 1 amide bonds. The van der Waals surface area contributed by atoms with Gasteiger partial charge in [-0.1, -0.05) is 64.7 Å². The highest BCUT2D eigenvalue weighted by Gasteiger charge is 2.19. The number of amides is 1. The summed E-state index contributed by atoms with van der Waals surface area (Å²) >= 11 is 0. The summed E-state index contributed by atoms with van der Waals surface area (Å²) in [4.78, 5) is 13.3. The molecule has 0 aliphatic heterocycles. The molecule has 0 aliphatic carbocycles. The lowest BCUT2D eigenvalue weighted by Gasteiger charge is -2.24. The van der Waals surface area contributed by atoms with Gasteiger partial charge in [-0.25, -0.2) is 4.79 Å². The highest BCUT2D eigenvalue weighted by molar-refractivity contribution is 5.67. The van der Waals surface area contributed by atoms with E-state index < -0.39 is 5.60 Å². The zero-order valence-electron chi connectivity index (χ0n) is 18.7. The molecule has 0 aromatic heterocycles. The third-order valence-corrected chi connectivity index (χ3v) is 4.29. The fourth-order valence-corrected chi connectivity index (χ4v) is 2.65. The maximum absolute atomic E-state index is 11.8. The average Bonchev–Trinajstić information content (AvgIpc) is 2.59. The van der Waals surface area contributed by atoms with Crippen molar-refractivity contribution in [2.24, 2.45) is 0 Å². The molecule has 0 aromatic carbocycles. The lowest BCUT2D eigenvalue weighted by Crippen LogP contribution is -2.36. The smallest absolute Gasteiger partial charge is 0.410 e. The van der Waals surface area contributed by atoms with Gasteiger partial charge in [-0.15, -0.1) is 0 Å². The van der Waals surface area contributed by atoms with Crippen LogP contribution in [0.5, 0.6) is 0 Å². The standard InChI is InChI=1S/C22H45NO4/c1-6-7-8-9-10-11-12-13-14-15-17-25-19-20-26-18-16-23(5)21(24)27-22(2,3)4/h6-20H2,1-5H3. The molecule has 0 bridgehead atoms. The molecule has 0 unspecified atom stereocenters. The summed E-state index contributed by atoms with van der Waals surface area (Å²) < 4.78 is 16.4. The van der Waals surface area contributed by atoms with Crippen molar-refractivity contribution in [1.82, 2.24) is 4.90 Å². The second kappa shape index (κ2) is 17.3. The second-order valence-corrected chi connectivity index (χ2v) is 8.31. The minimum Gasteiger partial charge on any atom is -0.444 e. The van der Waals surface area contributed by atoms with Gasteiger partial charge in [0.1, 0.15) is 5.60 Å². The van der Waals surface area contributed by atoms with Crippen molar-refractivity contribution in [3.63, 3.8) is 0 Å². The van der Waals surface area contributed by atoms with Crippen LogP contribution in [0.1, 0.15) is 91.9 Å². The molecule has 0 spiro atoms. The number of hydrogen-bond acceptors (Lipinski definition) is 4. The Labute approximate surface area is 168 Å². The molecule has 0 radical (unpaired) electrons. The van der Waals surface area contributed by atoms with Crippen LogP contribution in [0.2, 0.25) is 0 Å². The van der Waals surface area contributed by atoms with Gasteiger partial charge in [-0.3, -0.25) is 0 Å². The minimum absolute atomic E-state index is 0.316. The van der Waals surface area contributed by atoms with Gasteiger partial charge in [0.15, 0.2) is 0 Å². The van der Waals surface area contributed by atoms with Crippen LogP contribution in [0.3, 0.4) is 0 Å². The van der Waals surface area contributed by atoms with E-state index in [-0.39, 0.29) is 6.09 Å². The van der Waals surface area contributed by atoms with Gasteiger partial charge in [0, 0.05) is 20.2 Å². The van der Waals surface area contributed by atoms with E-state index in [1.807, 2.05) is 20.8 Å². The first kappa shape index (κ1) is 26.2. The van der Waals surface area contributed by atoms with Crippen molar-refractivity contribution in [1.29, 1.82) is 0 Å². The maximum Gasteiger partial charge on any atom is 0.410 e. The van der Waals surface area contributed by atoms with Crippen LogP contribution in [0.15, 0.2) is 0 Å². The number of unbranched alkanes of at least 4 members (excludes halogenated alkanes) is 9. The van der Waals surface area contributed by atoms with Gasteiger partial charge in [-0.2, -0.15) is 0 Å². The van der Waals surface area contributed by atoms with Crippen LogP contribution >= 0.6 is 0 Å². The van der Waals surface area contributed by atoms with E-state index in [9.17, 15) is 4.79 Å². The van der Waals surface area contributed by atoms with Gasteiger partial charge >= 0.3 is 6.09 Å². The van der Waals surface area contributed by atoms with E-state index in [2.05, 4.69) is 6.92 Å². The third-order valence-electron chi connectivity index (χ3n) is 4.29. The number of carbonyl (C=O) groups excluding carboxylic acids is 1. The Hall–Kier alpha value is -0.810. The number of carbonyl (C=O) groups is 1. The molecule has 162 valence electrons. The summed E-state index contributed by atoms with van der Waals surface area (Å²) in [6, 6.07) is 0. The Bertz CT molecular complexity index is 342. The highest BCUT2D eigenvalue weighted by Crippen LogP contribution is 2.10. The Morgan fingerprint density at radius 3 is 1.74 bits per heavy atom. The zero-order valence-corrected chi connectivity index (χ0v) is 18.7.